The lowest BCUT2D eigenvalue weighted by atomic mass is 10.1. The van der Waals surface area contributed by atoms with E-state index in [1.165, 1.54) is 0 Å². The molecule has 1 aliphatic heterocycles. The van der Waals surface area contributed by atoms with Crippen LogP contribution in [0, 0.1) is 0 Å². The van der Waals surface area contributed by atoms with Gasteiger partial charge in [-0.1, -0.05) is 6.07 Å². The van der Waals surface area contributed by atoms with Crippen LogP contribution in [0.15, 0.2) is 18.2 Å². The third-order valence-electron chi connectivity index (χ3n) is 3.50. The summed E-state index contributed by atoms with van der Waals surface area (Å²) in [4.78, 5) is 12.1. The summed E-state index contributed by atoms with van der Waals surface area (Å²) < 4.78 is 15.8. The molecule has 1 aromatic rings. The highest BCUT2D eigenvalue weighted by Gasteiger charge is 2.23. The van der Waals surface area contributed by atoms with E-state index in [0.29, 0.717) is 31.3 Å². The normalized spacial score (nSPS) is 19.7. The second-order valence-corrected chi connectivity index (χ2v) is 4.93. The maximum absolute atomic E-state index is 12.1. The molecule has 2 N–H and O–H groups in total. The third-order valence-corrected chi connectivity index (χ3v) is 3.50. The number of carbonyl (C=O) groups excluding carboxylic acids is 1. The van der Waals surface area contributed by atoms with Crippen LogP contribution in [0.2, 0.25) is 0 Å². The van der Waals surface area contributed by atoms with E-state index in [1.54, 1.807) is 14.2 Å². The average molecular weight is 294 g/mol. The van der Waals surface area contributed by atoms with Gasteiger partial charge in [0.25, 0.3) is 0 Å². The van der Waals surface area contributed by atoms with Gasteiger partial charge in [-0.15, -0.1) is 0 Å². The summed E-state index contributed by atoms with van der Waals surface area (Å²) >= 11 is 0. The minimum absolute atomic E-state index is 0.0583. The molecule has 0 spiro atoms. The molecule has 0 aromatic heterocycles. The van der Waals surface area contributed by atoms with Gasteiger partial charge in [-0.2, -0.15) is 0 Å². The molecule has 0 aliphatic carbocycles. The van der Waals surface area contributed by atoms with Crippen molar-refractivity contribution in [3.8, 4) is 11.5 Å². The Balaban J connectivity index is 2.02. The Morgan fingerprint density at radius 2 is 2.14 bits per heavy atom. The van der Waals surface area contributed by atoms with E-state index in [9.17, 15) is 4.79 Å². The molecule has 6 heteroatoms. The molecule has 0 radical (unpaired) electrons. The summed E-state index contributed by atoms with van der Waals surface area (Å²) in [7, 11) is 3.19. The Bertz CT molecular complexity index is 487. The highest BCUT2D eigenvalue weighted by Crippen LogP contribution is 2.29. The van der Waals surface area contributed by atoms with Crippen LogP contribution >= 0.6 is 0 Å². The zero-order chi connectivity index (χ0) is 15.2. The van der Waals surface area contributed by atoms with Gasteiger partial charge in [0, 0.05) is 6.54 Å². The van der Waals surface area contributed by atoms with E-state index in [1.807, 2.05) is 25.1 Å². The molecule has 2 rings (SSSR count). The minimum atomic E-state index is -0.290. The molecule has 2 atom stereocenters. The summed E-state index contributed by atoms with van der Waals surface area (Å²) in [6.07, 6.45) is 0. The van der Waals surface area contributed by atoms with Crippen LogP contribution in [0.4, 0.5) is 0 Å². The molecular formula is C15H22N2O4. The first-order valence-corrected chi connectivity index (χ1v) is 6.99. The van der Waals surface area contributed by atoms with Crippen LogP contribution in [0.1, 0.15) is 18.5 Å². The van der Waals surface area contributed by atoms with Gasteiger partial charge in [-0.3, -0.25) is 4.79 Å². The number of hydrogen-bond donors (Lipinski definition) is 2. The van der Waals surface area contributed by atoms with Crippen LogP contribution in [-0.4, -0.2) is 45.9 Å². The first kappa shape index (κ1) is 15.6. The average Bonchev–Trinajstić information content (AvgIpc) is 2.54. The van der Waals surface area contributed by atoms with Crippen molar-refractivity contribution in [3.63, 3.8) is 0 Å². The van der Waals surface area contributed by atoms with Gasteiger partial charge in [-0.25, -0.2) is 0 Å². The van der Waals surface area contributed by atoms with Gasteiger partial charge < -0.3 is 24.8 Å². The van der Waals surface area contributed by atoms with E-state index < -0.39 is 0 Å². The molecule has 1 fully saturated rings. The monoisotopic (exact) mass is 294 g/mol. The van der Waals surface area contributed by atoms with Gasteiger partial charge in [0.15, 0.2) is 11.5 Å². The van der Waals surface area contributed by atoms with Crippen LogP contribution in [0.5, 0.6) is 11.5 Å². The number of nitrogens with one attached hydrogen (secondary N) is 2. The third kappa shape index (κ3) is 3.86. The first-order chi connectivity index (χ1) is 10.2. The number of methoxy groups -OCH3 is 2. The van der Waals surface area contributed by atoms with Crippen LogP contribution in [0.3, 0.4) is 0 Å². The topological polar surface area (TPSA) is 68.8 Å². The molecule has 1 heterocycles. The number of carbonyl (C=O) groups is 1. The number of hydrogen-bond acceptors (Lipinski definition) is 5. The van der Waals surface area contributed by atoms with Crippen molar-refractivity contribution in [2.24, 2.45) is 0 Å². The number of rotatable bonds is 5. The van der Waals surface area contributed by atoms with Gasteiger partial charge in [0.1, 0.15) is 6.04 Å². The number of morpholine rings is 1. The lowest BCUT2D eigenvalue weighted by molar-refractivity contribution is -0.126. The molecule has 0 bridgehead atoms. The zero-order valence-electron chi connectivity index (χ0n) is 12.6. The summed E-state index contributed by atoms with van der Waals surface area (Å²) in [5.41, 5.74) is 0.956. The van der Waals surface area contributed by atoms with Crippen LogP contribution < -0.4 is 20.1 Å². The summed E-state index contributed by atoms with van der Waals surface area (Å²) in [5, 5.41) is 6.11. The highest BCUT2D eigenvalue weighted by molar-refractivity contribution is 5.82. The van der Waals surface area contributed by atoms with E-state index in [2.05, 4.69) is 10.6 Å². The maximum Gasteiger partial charge on any atom is 0.240 e. The zero-order valence-corrected chi connectivity index (χ0v) is 12.6. The molecule has 21 heavy (non-hydrogen) atoms. The van der Waals surface area contributed by atoms with Crippen LogP contribution in [-0.2, 0) is 9.53 Å². The van der Waals surface area contributed by atoms with E-state index >= 15 is 0 Å². The SMILES string of the molecule is COc1ccc(C(C)NC(=O)C2COCCN2)cc1OC. The van der Waals surface area contributed by atoms with Crippen molar-refractivity contribution in [1.29, 1.82) is 0 Å². The summed E-state index contributed by atoms with van der Waals surface area (Å²) in [6, 6.07) is 5.20. The van der Waals surface area contributed by atoms with Crippen molar-refractivity contribution in [2.75, 3.05) is 34.0 Å². The standard InChI is InChI=1S/C15H22N2O4/c1-10(17-15(18)12-9-21-7-6-16-12)11-4-5-13(19-2)14(8-11)20-3/h4-5,8,10,12,16H,6-7,9H2,1-3H3,(H,17,18). The second-order valence-electron chi connectivity index (χ2n) is 4.93. The van der Waals surface area contributed by atoms with Crippen LogP contribution in [0.25, 0.3) is 0 Å². The van der Waals surface area contributed by atoms with Gasteiger partial charge in [0.05, 0.1) is 33.5 Å². The van der Waals surface area contributed by atoms with Gasteiger partial charge >= 0.3 is 0 Å². The van der Waals surface area contributed by atoms with E-state index in [4.69, 9.17) is 14.2 Å². The Hall–Kier alpha value is -1.79. The van der Waals surface area contributed by atoms with E-state index in [-0.39, 0.29) is 18.0 Å². The first-order valence-electron chi connectivity index (χ1n) is 6.99. The predicted molar refractivity (Wildman–Crippen MR) is 78.7 cm³/mol. The lowest BCUT2D eigenvalue weighted by Crippen LogP contribution is -2.51. The van der Waals surface area contributed by atoms with Crippen molar-refractivity contribution in [1.82, 2.24) is 10.6 Å². The number of benzene rings is 1. The Kier molecular flexibility index (Phi) is 5.41. The minimum Gasteiger partial charge on any atom is -0.493 e. The molecule has 1 saturated heterocycles. The fourth-order valence-corrected chi connectivity index (χ4v) is 2.25. The molecular weight excluding hydrogens is 272 g/mol. The van der Waals surface area contributed by atoms with Gasteiger partial charge in [0.2, 0.25) is 5.91 Å². The fraction of sp³-hybridized carbons (Fsp3) is 0.533. The number of ether oxygens (including phenoxy) is 3. The Labute approximate surface area is 124 Å². The summed E-state index contributed by atoms with van der Waals surface area (Å²) in [5.74, 6) is 1.26. The number of amides is 1. The highest BCUT2D eigenvalue weighted by atomic mass is 16.5. The fourth-order valence-electron chi connectivity index (χ4n) is 2.25. The van der Waals surface area contributed by atoms with Crippen molar-refractivity contribution < 1.29 is 19.0 Å². The summed E-state index contributed by atoms with van der Waals surface area (Å²) in [6.45, 7) is 3.69. The van der Waals surface area contributed by atoms with Gasteiger partial charge in [-0.05, 0) is 24.6 Å². The molecule has 1 amide bonds. The lowest BCUT2D eigenvalue weighted by Gasteiger charge is -2.25. The van der Waals surface area contributed by atoms with Crippen molar-refractivity contribution in [2.45, 2.75) is 19.0 Å². The van der Waals surface area contributed by atoms with Crippen molar-refractivity contribution in [3.05, 3.63) is 23.8 Å². The van der Waals surface area contributed by atoms with E-state index in [0.717, 1.165) is 5.56 Å². The molecule has 1 aliphatic rings. The second kappa shape index (κ2) is 7.28. The Morgan fingerprint density at radius 3 is 2.76 bits per heavy atom. The largest absolute Gasteiger partial charge is 0.493 e. The molecule has 0 saturated carbocycles. The Morgan fingerprint density at radius 1 is 1.38 bits per heavy atom. The predicted octanol–water partition coefficient (Wildman–Crippen LogP) is 0.869. The maximum atomic E-state index is 12.1. The molecule has 6 nitrogen and oxygen atoms in total. The quantitative estimate of drug-likeness (QED) is 0.843. The molecule has 2 unspecified atom stereocenters. The van der Waals surface area contributed by atoms with Crippen molar-refractivity contribution >= 4 is 5.91 Å². The molecule has 1 aromatic carbocycles. The molecule has 116 valence electrons. The smallest absolute Gasteiger partial charge is 0.240 e.